The van der Waals surface area contributed by atoms with Crippen LogP contribution >= 0.6 is 11.5 Å². The molecule has 0 atom stereocenters. The second-order valence-electron chi connectivity index (χ2n) is 8.85. The van der Waals surface area contributed by atoms with Crippen molar-refractivity contribution < 1.29 is 34.8 Å². The molecular weight excluding hydrogens is 563 g/mol. The number of nitrogens with zero attached hydrogens (tertiary/aromatic N) is 1. The third kappa shape index (κ3) is 6.18. The Labute approximate surface area is 222 Å². The van der Waals surface area contributed by atoms with E-state index >= 15 is 0 Å². The highest BCUT2D eigenvalue weighted by Crippen LogP contribution is 2.34. The predicted octanol–water partition coefficient (Wildman–Crippen LogP) is 4.83. The summed E-state index contributed by atoms with van der Waals surface area (Å²) < 4.78 is 95.9. The van der Waals surface area contributed by atoms with Gasteiger partial charge in [-0.1, -0.05) is 55.8 Å². The molecule has 0 radical (unpaired) electrons. The number of hydrogen-bond acceptors (Lipinski definition) is 7. The highest BCUT2D eigenvalue weighted by Gasteiger charge is 2.46. The van der Waals surface area contributed by atoms with Crippen molar-refractivity contribution in [1.82, 2.24) is 9.10 Å². The number of rotatable bonds is 10. The van der Waals surface area contributed by atoms with Gasteiger partial charge >= 0.3 is 15.5 Å². The number of aryl methyl sites for hydroxylation is 1. The number of amides is 1. The maximum absolute atomic E-state index is 12.9. The predicted molar refractivity (Wildman–Crippen MR) is 137 cm³/mol. The number of nitrogens with one attached hydrogen (secondary N) is 2. The van der Waals surface area contributed by atoms with Crippen LogP contribution in [0.4, 0.5) is 18.2 Å². The summed E-state index contributed by atoms with van der Waals surface area (Å²) in [6.45, 7) is 1.87. The minimum absolute atomic E-state index is 0.0575. The number of alkyl halides is 3. The molecular formula is C24H24F3N3O5S3. The molecule has 0 unspecified atom stereocenters. The van der Waals surface area contributed by atoms with Crippen LogP contribution in [0.1, 0.15) is 43.0 Å². The van der Waals surface area contributed by atoms with Crippen molar-refractivity contribution in [2.45, 2.75) is 49.4 Å². The van der Waals surface area contributed by atoms with Gasteiger partial charge in [-0.3, -0.25) is 9.52 Å². The summed E-state index contributed by atoms with van der Waals surface area (Å²) in [5.41, 5.74) is -3.04. The van der Waals surface area contributed by atoms with E-state index in [4.69, 9.17) is 0 Å². The van der Waals surface area contributed by atoms with Crippen LogP contribution in [0.3, 0.4) is 0 Å². The Morgan fingerprint density at radius 1 is 1.05 bits per heavy atom. The van der Waals surface area contributed by atoms with Crippen molar-refractivity contribution in [3.63, 3.8) is 0 Å². The quantitative estimate of drug-likeness (QED) is 0.351. The van der Waals surface area contributed by atoms with Gasteiger partial charge < -0.3 is 0 Å². The zero-order chi connectivity index (χ0) is 27.7. The lowest BCUT2D eigenvalue weighted by atomic mass is 9.99. The van der Waals surface area contributed by atoms with Gasteiger partial charge in [0.1, 0.15) is 5.00 Å². The Balaban J connectivity index is 1.61. The van der Waals surface area contributed by atoms with Crippen molar-refractivity contribution in [3.05, 3.63) is 65.4 Å². The third-order valence-electron chi connectivity index (χ3n) is 5.89. The molecule has 2 aromatic carbocycles. The summed E-state index contributed by atoms with van der Waals surface area (Å²) in [5.74, 6) is -0.815. The first-order valence-electron chi connectivity index (χ1n) is 11.6. The summed E-state index contributed by atoms with van der Waals surface area (Å²) in [6.07, 6.45) is 2.53. The zero-order valence-corrected chi connectivity index (χ0v) is 22.5. The van der Waals surface area contributed by atoms with Crippen molar-refractivity contribution in [1.29, 1.82) is 0 Å². The average molecular weight is 588 g/mol. The fourth-order valence-corrected chi connectivity index (χ4v) is 6.72. The van der Waals surface area contributed by atoms with E-state index in [1.165, 1.54) is 6.07 Å². The first-order chi connectivity index (χ1) is 17.8. The monoisotopic (exact) mass is 587 g/mol. The van der Waals surface area contributed by atoms with E-state index in [0.717, 1.165) is 0 Å². The van der Waals surface area contributed by atoms with Crippen LogP contribution in [-0.2, 0) is 37.7 Å². The number of carbonyl (C=O) groups excluding carboxylic acids is 1. The number of aromatic nitrogens is 1. The maximum atomic E-state index is 12.9. The Bertz CT molecular complexity index is 1550. The minimum Gasteiger partial charge on any atom is -0.274 e. The standard InChI is InChI=1S/C24H24F3N3O5S3/c1-2-5-20-19(23(36-28-20)30-38(34,35)24(25,26)27)14-15-8-10-16(11-9-15)18-6-3-4-7-21(18)37(32,33)29-22(31)17-12-13-17/h3-4,6-11,17,30H,2,5,12-14H2,1H3,(H,29,31). The van der Waals surface area contributed by atoms with Crippen molar-refractivity contribution >= 4 is 42.5 Å². The lowest BCUT2D eigenvalue weighted by Gasteiger charge is -2.13. The van der Waals surface area contributed by atoms with Crippen LogP contribution in [0.25, 0.3) is 11.1 Å². The number of benzene rings is 2. The van der Waals surface area contributed by atoms with Gasteiger partial charge in [0.2, 0.25) is 5.91 Å². The topological polar surface area (TPSA) is 122 Å². The fourth-order valence-electron chi connectivity index (χ4n) is 3.78. The molecule has 8 nitrogen and oxygen atoms in total. The van der Waals surface area contributed by atoms with Crippen LogP contribution < -0.4 is 9.44 Å². The number of anilines is 1. The van der Waals surface area contributed by atoms with E-state index < -0.39 is 31.5 Å². The van der Waals surface area contributed by atoms with Crippen molar-refractivity contribution in [2.75, 3.05) is 4.72 Å². The molecule has 0 spiro atoms. The van der Waals surface area contributed by atoms with Gasteiger partial charge in [0.15, 0.2) is 0 Å². The lowest BCUT2D eigenvalue weighted by molar-refractivity contribution is -0.120. The van der Waals surface area contributed by atoms with Crippen LogP contribution in [0.5, 0.6) is 0 Å². The molecule has 3 aromatic rings. The SMILES string of the molecule is CCCc1nsc(NS(=O)(=O)C(F)(F)F)c1Cc1ccc(-c2ccccc2S(=O)(=O)NC(=O)C2CC2)cc1. The molecule has 1 saturated carbocycles. The van der Waals surface area contributed by atoms with E-state index in [1.807, 2.05) is 6.92 Å². The van der Waals surface area contributed by atoms with Gasteiger partial charge in [-0.25, -0.2) is 13.1 Å². The highest BCUT2D eigenvalue weighted by atomic mass is 32.2. The minimum atomic E-state index is -5.61. The molecule has 4 rings (SSSR count). The summed E-state index contributed by atoms with van der Waals surface area (Å²) in [7, 11) is -9.71. The van der Waals surface area contributed by atoms with E-state index in [2.05, 4.69) is 9.10 Å². The Kier molecular flexibility index (Phi) is 7.86. The van der Waals surface area contributed by atoms with Crippen LogP contribution in [-0.4, -0.2) is 32.6 Å². The third-order valence-corrected chi connectivity index (χ3v) is 9.35. The Hall–Kier alpha value is -2.97. The molecule has 1 aliphatic rings. The average Bonchev–Trinajstić information content (AvgIpc) is 3.64. The molecule has 0 saturated heterocycles. The van der Waals surface area contributed by atoms with Gasteiger partial charge in [-0.2, -0.15) is 26.0 Å². The summed E-state index contributed by atoms with van der Waals surface area (Å²) in [4.78, 5) is 12.0. The van der Waals surface area contributed by atoms with Crippen molar-refractivity contribution in [2.24, 2.45) is 5.92 Å². The Morgan fingerprint density at radius 3 is 2.32 bits per heavy atom. The smallest absolute Gasteiger partial charge is 0.274 e. The number of hydrogen-bond donors (Lipinski definition) is 2. The zero-order valence-electron chi connectivity index (χ0n) is 20.1. The normalized spacial score (nSPS) is 14.3. The first kappa shape index (κ1) is 28.0. The van der Waals surface area contributed by atoms with Crippen molar-refractivity contribution in [3.8, 4) is 11.1 Å². The number of halogens is 3. The largest absolute Gasteiger partial charge is 0.516 e. The van der Waals surface area contributed by atoms with Gasteiger partial charge in [-0.15, -0.1) is 0 Å². The molecule has 14 heteroatoms. The highest BCUT2D eigenvalue weighted by molar-refractivity contribution is 7.93. The number of carbonyl (C=O) groups is 1. The van der Waals surface area contributed by atoms with Gasteiger partial charge in [0.25, 0.3) is 10.0 Å². The fraction of sp³-hybridized carbons (Fsp3) is 0.333. The van der Waals surface area contributed by atoms with Crippen LogP contribution in [0.2, 0.25) is 0 Å². The molecule has 0 aliphatic heterocycles. The van der Waals surface area contributed by atoms with E-state index in [9.17, 15) is 34.8 Å². The molecule has 0 bridgehead atoms. The molecule has 1 amide bonds. The molecule has 2 N–H and O–H groups in total. The molecule has 38 heavy (non-hydrogen) atoms. The van der Waals surface area contributed by atoms with E-state index in [1.54, 1.807) is 47.2 Å². The maximum Gasteiger partial charge on any atom is 0.516 e. The molecule has 1 aromatic heterocycles. The van der Waals surface area contributed by atoms with Crippen LogP contribution in [0.15, 0.2) is 53.4 Å². The second kappa shape index (κ2) is 10.7. The lowest BCUT2D eigenvalue weighted by Crippen LogP contribution is -2.32. The molecule has 1 fully saturated rings. The molecule has 1 aliphatic carbocycles. The summed E-state index contributed by atoms with van der Waals surface area (Å²) >= 11 is 0.653. The van der Waals surface area contributed by atoms with E-state index in [0.29, 0.717) is 65.2 Å². The first-order valence-corrected chi connectivity index (χ1v) is 15.4. The Morgan fingerprint density at radius 2 is 1.71 bits per heavy atom. The van der Waals surface area contributed by atoms with Gasteiger partial charge in [0, 0.05) is 23.5 Å². The van der Waals surface area contributed by atoms with E-state index in [-0.39, 0.29) is 22.2 Å². The van der Waals surface area contributed by atoms with Gasteiger partial charge in [-0.05, 0) is 48.0 Å². The second-order valence-corrected chi connectivity index (χ2v) is 13.0. The molecule has 1 heterocycles. The summed E-state index contributed by atoms with van der Waals surface area (Å²) in [6, 6.07) is 12.9. The van der Waals surface area contributed by atoms with Crippen LogP contribution in [0, 0.1) is 5.92 Å². The summed E-state index contributed by atoms with van der Waals surface area (Å²) in [5, 5.41) is -0.197. The number of sulfonamides is 2. The van der Waals surface area contributed by atoms with Gasteiger partial charge in [0.05, 0.1) is 10.6 Å². The molecule has 204 valence electrons.